The molecule has 0 amide bonds. The molecule has 3 heterocycles. The van der Waals surface area contributed by atoms with Gasteiger partial charge in [-0.15, -0.1) is 0 Å². The van der Waals surface area contributed by atoms with Gasteiger partial charge >= 0.3 is 0 Å². The summed E-state index contributed by atoms with van der Waals surface area (Å²) in [6.45, 7) is 22.3. The molecule has 0 spiro atoms. The summed E-state index contributed by atoms with van der Waals surface area (Å²) >= 11 is 0. The Kier molecular flexibility index (Phi) is 10.6. The largest absolute Gasteiger partial charge is 0.458 e. The zero-order valence-corrected chi connectivity index (χ0v) is 43.1. The third kappa shape index (κ3) is 7.72. The van der Waals surface area contributed by atoms with Crippen LogP contribution in [0.15, 0.2) is 186 Å². The molecule has 354 valence electrons. The summed E-state index contributed by atoms with van der Waals surface area (Å²) in [6, 6.07) is 67.2. The highest BCUT2D eigenvalue weighted by Crippen LogP contribution is 2.50. The van der Waals surface area contributed by atoms with Crippen molar-refractivity contribution in [1.82, 2.24) is 0 Å². The fourth-order valence-electron chi connectivity index (χ4n) is 10.8. The van der Waals surface area contributed by atoms with Crippen molar-refractivity contribution in [3.05, 3.63) is 215 Å². The molecule has 0 fully saturated rings. The van der Waals surface area contributed by atoms with Crippen LogP contribution in [0.5, 0.6) is 11.5 Å². The number of anilines is 9. The van der Waals surface area contributed by atoms with Gasteiger partial charge in [0.25, 0.3) is 6.71 Å². The van der Waals surface area contributed by atoms with E-state index in [1.165, 1.54) is 44.3 Å². The van der Waals surface area contributed by atoms with E-state index in [0.29, 0.717) is 0 Å². The Balaban J connectivity index is 1.12. The molecule has 0 bridgehead atoms. The quantitative estimate of drug-likeness (QED) is 0.149. The Morgan fingerprint density at radius 1 is 0.431 bits per heavy atom. The number of hydrogen-bond donors (Lipinski definition) is 0. The summed E-state index contributed by atoms with van der Waals surface area (Å²) in [5, 5.41) is 2.13. The molecule has 72 heavy (non-hydrogen) atoms. The lowest BCUT2D eigenvalue weighted by Crippen LogP contribution is -2.59. The van der Waals surface area contributed by atoms with Crippen LogP contribution >= 0.6 is 0 Å². The zero-order valence-electron chi connectivity index (χ0n) is 43.1. The SMILES string of the molecule is Cc1ccc(N(c2ccc(C)cc2)c2ccc3c(c2)Oc2cc(C(C)(C)C)cc4c2B3c2cc(C(C)(C)C)ccc2N4c2cc(N(c3ccc(C)cc3)c3ccc(C)cc3)c3oc4ccccc4c3c2)cc1. The molecule has 6 heteroatoms. The molecule has 9 aromatic carbocycles. The third-order valence-corrected chi connectivity index (χ3v) is 14.9. The molecular formula is C66H60BN3O2. The van der Waals surface area contributed by atoms with E-state index < -0.39 is 0 Å². The molecule has 0 aliphatic carbocycles. The summed E-state index contributed by atoms with van der Waals surface area (Å²) in [4.78, 5) is 7.21. The lowest BCUT2D eigenvalue weighted by atomic mass is 9.34. The van der Waals surface area contributed by atoms with Crippen LogP contribution in [0.25, 0.3) is 21.9 Å². The molecule has 0 radical (unpaired) electrons. The number of para-hydroxylation sites is 1. The smallest absolute Gasteiger partial charge is 0.256 e. The summed E-state index contributed by atoms with van der Waals surface area (Å²) in [5.74, 6) is 1.75. The fraction of sp³-hybridized carbons (Fsp3) is 0.182. The van der Waals surface area contributed by atoms with E-state index in [9.17, 15) is 0 Å². The van der Waals surface area contributed by atoms with E-state index in [0.717, 1.165) is 90.1 Å². The van der Waals surface area contributed by atoms with Gasteiger partial charge in [-0.2, -0.15) is 0 Å². The van der Waals surface area contributed by atoms with Gasteiger partial charge in [-0.25, -0.2) is 0 Å². The lowest BCUT2D eigenvalue weighted by molar-refractivity contribution is 0.483. The molecule has 0 atom stereocenters. The van der Waals surface area contributed by atoms with Gasteiger partial charge < -0.3 is 23.9 Å². The number of ether oxygens (including phenoxy) is 1. The minimum Gasteiger partial charge on any atom is -0.458 e. The molecule has 0 saturated carbocycles. The van der Waals surface area contributed by atoms with Crippen molar-refractivity contribution >= 4 is 96.2 Å². The predicted octanol–water partition coefficient (Wildman–Crippen LogP) is 16.8. The first kappa shape index (κ1) is 45.2. The molecular weight excluding hydrogens is 878 g/mol. The van der Waals surface area contributed by atoms with Crippen LogP contribution in [0.4, 0.5) is 51.2 Å². The van der Waals surface area contributed by atoms with E-state index in [-0.39, 0.29) is 17.5 Å². The number of nitrogens with zero attached hydrogens (tertiary/aromatic N) is 3. The molecule has 10 aromatic rings. The summed E-state index contributed by atoms with van der Waals surface area (Å²) < 4.78 is 14.4. The van der Waals surface area contributed by atoms with E-state index in [2.05, 4.69) is 266 Å². The van der Waals surface area contributed by atoms with Gasteiger partial charge in [-0.1, -0.05) is 149 Å². The average Bonchev–Trinajstić information content (AvgIpc) is 3.74. The highest BCUT2D eigenvalue weighted by Gasteiger charge is 2.44. The highest BCUT2D eigenvalue weighted by molar-refractivity contribution is 6.99. The minimum absolute atomic E-state index is 0.0934. The van der Waals surface area contributed by atoms with Crippen LogP contribution < -0.4 is 35.8 Å². The predicted molar refractivity (Wildman–Crippen MR) is 305 cm³/mol. The van der Waals surface area contributed by atoms with Crippen molar-refractivity contribution in [1.29, 1.82) is 0 Å². The van der Waals surface area contributed by atoms with Gasteiger partial charge in [0.2, 0.25) is 0 Å². The average molecular weight is 938 g/mol. The van der Waals surface area contributed by atoms with Crippen molar-refractivity contribution in [2.75, 3.05) is 14.7 Å². The van der Waals surface area contributed by atoms with Crippen LogP contribution in [-0.2, 0) is 10.8 Å². The van der Waals surface area contributed by atoms with Crippen LogP contribution in [0.1, 0.15) is 74.9 Å². The van der Waals surface area contributed by atoms with Crippen LogP contribution in [0, 0.1) is 27.7 Å². The van der Waals surface area contributed by atoms with Crippen molar-refractivity contribution in [2.45, 2.75) is 80.1 Å². The second-order valence-corrected chi connectivity index (χ2v) is 22.2. The lowest BCUT2D eigenvalue weighted by Gasteiger charge is -2.42. The second-order valence-electron chi connectivity index (χ2n) is 22.2. The topological polar surface area (TPSA) is 32.1 Å². The van der Waals surface area contributed by atoms with Gasteiger partial charge in [0.15, 0.2) is 5.58 Å². The molecule has 5 nitrogen and oxygen atoms in total. The summed E-state index contributed by atoms with van der Waals surface area (Å²) in [6.07, 6.45) is 0. The van der Waals surface area contributed by atoms with Gasteiger partial charge in [0.05, 0.1) is 5.69 Å². The standard InChI is InChI=1S/C66H60BN3O2/c1-41-15-24-47(25-16-41)68(48-26-17-42(2)18-27-48)51-32-33-55-61(40-51)71-62-37-46(66(8,9)10)36-58-63(62)67(55)56-35-45(65(5,6)7)23-34-57(56)70(58)52-38-54-53-13-11-12-14-60(53)72-64(54)59(39-52)69(49-28-19-43(3)20-29-49)50-30-21-44(4)22-31-50/h11-40H,1-10H3. The molecule has 2 aliphatic rings. The van der Waals surface area contributed by atoms with Crippen LogP contribution in [0.2, 0.25) is 0 Å². The Bertz CT molecular complexity index is 3640. The van der Waals surface area contributed by atoms with Crippen molar-refractivity contribution < 1.29 is 9.15 Å². The maximum atomic E-state index is 7.39. The fourth-order valence-corrected chi connectivity index (χ4v) is 10.8. The Morgan fingerprint density at radius 3 is 1.54 bits per heavy atom. The molecule has 2 aliphatic heterocycles. The van der Waals surface area contributed by atoms with Gasteiger partial charge in [-0.05, 0) is 157 Å². The second kappa shape index (κ2) is 16.8. The number of fused-ring (bicyclic) bond motifs is 7. The first-order valence-corrected chi connectivity index (χ1v) is 25.3. The monoisotopic (exact) mass is 937 g/mol. The number of hydrogen-bond acceptors (Lipinski definition) is 5. The molecule has 0 saturated heterocycles. The molecule has 12 rings (SSSR count). The van der Waals surface area contributed by atoms with Crippen molar-refractivity contribution in [3.8, 4) is 11.5 Å². The maximum Gasteiger partial charge on any atom is 0.256 e. The normalized spacial score (nSPS) is 12.9. The molecule has 0 N–H and O–H groups in total. The first-order chi connectivity index (χ1) is 34.6. The number of furan rings is 1. The van der Waals surface area contributed by atoms with Crippen LogP contribution in [0.3, 0.4) is 0 Å². The Morgan fingerprint density at radius 2 is 0.972 bits per heavy atom. The number of aryl methyl sites for hydroxylation is 4. The number of rotatable bonds is 7. The maximum absolute atomic E-state index is 7.39. The van der Waals surface area contributed by atoms with E-state index in [1.54, 1.807) is 0 Å². The van der Waals surface area contributed by atoms with Crippen LogP contribution in [-0.4, -0.2) is 6.71 Å². The van der Waals surface area contributed by atoms with Crippen molar-refractivity contribution in [2.24, 2.45) is 0 Å². The minimum atomic E-state index is -0.189. The highest BCUT2D eigenvalue weighted by atomic mass is 16.5. The summed E-state index contributed by atoms with van der Waals surface area (Å²) in [7, 11) is 0. The zero-order chi connectivity index (χ0) is 49.8. The van der Waals surface area contributed by atoms with Crippen molar-refractivity contribution in [3.63, 3.8) is 0 Å². The van der Waals surface area contributed by atoms with Gasteiger partial charge in [-0.3, -0.25) is 0 Å². The van der Waals surface area contributed by atoms with Gasteiger partial charge in [0.1, 0.15) is 17.1 Å². The molecule has 0 unspecified atom stereocenters. The number of benzene rings is 9. The summed E-state index contributed by atoms with van der Waals surface area (Å²) in [5.41, 5.74) is 21.9. The van der Waals surface area contributed by atoms with E-state index in [1.807, 2.05) is 0 Å². The van der Waals surface area contributed by atoms with Gasteiger partial charge in [0, 0.05) is 62.3 Å². The molecule has 1 aromatic heterocycles. The third-order valence-electron chi connectivity index (χ3n) is 14.9. The van der Waals surface area contributed by atoms with E-state index in [4.69, 9.17) is 9.15 Å². The van der Waals surface area contributed by atoms with E-state index >= 15 is 0 Å². The first-order valence-electron chi connectivity index (χ1n) is 25.3. The Hall–Kier alpha value is -7.96. The Labute approximate surface area is 425 Å².